The quantitative estimate of drug-likeness (QED) is 0.873. The molecule has 0 radical (unpaired) electrons. The summed E-state index contributed by atoms with van der Waals surface area (Å²) in [6, 6.07) is 11.3. The molecule has 0 aliphatic heterocycles. The minimum atomic E-state index is -3.71. The molecule has 8 heteroatoms. The molecule has 0 unspecified atom stereocenters. The number of nitriles is 1. The standard InChI is InChI=1S/C14H13N3O3S2/c1-10(18)16-9-13-5-6-14(21-13)22(19,20)17-12-4-2-3-11(7-12)8-15/h2-7,17H,9H2,1H3,(H,16,18). The summed E-state index contributed by atoms with van der Waals surface area (Å²) in [5, 5.41) is 11.4. The summed E-state index contributed by atoms with van der Waals surface area (Å²) >= 11 is 1.08. The summed E-state index contributed by atoms with van der Waals surface area (Å²) in [5.74, 6) is -0.177. The van der Waals surface area contributed by atoms with Gasteiger partial charge in [0.1, 0.15) is 4.21 Å². The van der Waals surface area contributed by atoms with Gasteiger partial charge in [0.25, 0.3) is 10.0 Å². The molecular weight excluding hydrogens is 322 g/mol. The van der Waals surface area contributed by atoms with Crippen molar-refractivity contribution in [3.63, 3.8) is 0 Å². The zero-order chi connectivity index (χ0) is 16.2. The van der Waals surface area contributed by atoms with Gasteiger partial charge in [-0.05, 0) is 30.3 Å². The van der Waals surface area contributed by atoms with Crippen LogP contribution in [0.5, 0.6) is 0 Å². The molecule has 0 fully saturated rings. The van der Waals surface area contributed by atoms with E-state index >= 15 is 0 Å². The Labute approximate surface area is 132 Å². The third kappa shape index (κ3) is 4.07. The lowest BCUT2D eigenvalue weighted by molar-refractivity contribution is -0.119. The maximum absolute atomic E-state index is 12.3. The summed E-state index contributed by atoms with van der Waals surface area (Å²) < 4.78 is 27.1. The van der Waals surface area contributed by atoms with Gasteiger partial charge >= 0.3 is 0 Å². The van der Waals surface area contributed by atoms with E-state index in [1.807, 2.05) is 6.07 Å². The Morgan fingerprint density at radius 2 is 2.09 bits per heavy atom. The largest absolute Gasteiger partial charge is 0.351 e. The molecule has 0 bridgehead atoms. The Balaban J connectivity index is 2.16. The normalized spacial score (nSPS) is 10.7. The third-order valence-electron chi connectivity index (χ3n) is 2.66. The first-order valence-electron chi connectivity index (χ1n) is 6.27. The van der Waals surface area contributed by atoms with E-state index in [-0.39, 0.29) is 10.1 Å². The number of benzene rings is 1. The number of carbonyl (C=O) groups excluding carboxylic acids is 1. The molecule has 2 N–H and O–H groups in total. The summed E-state index contributed by atoms with van der Waals surface area (Å²) in [5.41, 5.74) is 0.702. The molecule has 22 heavy (non-hydrogen) atoms. The van der Waals surface area contributed by atoms with Gasteiger partial charge < -0.3 is 5.32 Å². The second kappa shape index (κ2) is 6.60. The lowest BCUT2D eigenvalue weighted by Gasteiger charge is -2.06. The maximum atomic E-state index is 12.3. The molecule has 1 heterocycles. The molecule has 0 aliphatic carbocycles. The van der Waals surface area contributed by atoms with Crippen LogP contribution in [-0.4, -0.2) is 14.3 Å². The molecule has 0 saturated heterocycles. The van der Waals surface area contributed by atoms with Crippen LogP contribution in [0.3, 0.4) is 0 Å². The number of nitrogens with one attached hydrogen (secondary N) is 2. The first-order valence-corrected chi connectivity index (χ1v) is 8.57. The number of rotatable bonds is 5. The van der Waals surface area contributed by atoms with E-state index in [4.69, 9.17) is 5.26 Å². The zero-order valence-corrected chi connectivity index (χ0v) is 13.3. The van der Waals surface area contributed by atoms with Gasteiger partial charge in [-0.2, -0.15) is 5.26 Å². The van der Waals surface area contributed by atoms with Gasteiger partial charge in [0, 0.05) is 11.8 Å². The highest BCUT2D eigenvalue weighted by Crippen LogP contribution is 2.24. The van der Waals surface area contributed by atoms with E-state index in [1.165, 1.54) is 19.1 Å². The molecule has 1 aromatic carbocycles. The van der Waals surface area contributed by atoms with Crippen LogP contribution in [0, 0.1) is 11.3 Å². The Morgan fingerprint density at radius 1 is 1.32 bits per heavy atom. The SMILES string of the molecule is CC(=O)NCc1ccc(S(=O)(=O)Nc2cccc(C#N)c2)s1. The van der Waals surface area contributed by atoms with Crippen molar-refractivity contribution in [2.45, 2.75) is 17.7 Å². The minimum Gasteiger partial charge on any atom is -0.351 e. The number of nitrogens with zero attached hydrogens (tertiary/aromatic N) is 1. The Kier molecular flexibility index (Phi) is 4.80. The van der Waals surface area contributed by atoms with E-state index in [9.17, 15) is 13.2 Å². The van der Waals surface area contributed by atoms with Crippen LogP contribution in [0.4, 0.5) is 5.69 Å². The number of hydrogen-bond acceptors (Lipinski definition) is 5. The lowest BCUT2D eigenvalue weighted by Crippen LogP contribution is -2.18. The van der Waals surface area contributed by atoms with Crippen LogP contribution in [0.1, 0.15) is 17.4 Å². The maximum Gasteiger partial charge on any atom is 0.271 e. The van der Waals surface area contributed by atoms with Crippen molar-refractivity contribution in [2.24, 2.45) is 0 Å². The fraction of sp³-hybridized carbons (Fsp3) is 0.143. The molecule has 0 saturated carbocycles. The van der Waals surface area contributed by atoms with E-state index in [2.05, 4.69) is 10.0 Å². The Bertz CT molecular complexity index is 835. The first-order chi connectivity index (χ1) is 10.4. The number of anilines is 1. The third-order valence-corrected chi connectivity index (χ3v) is 5.62. The second-order valence-electron chi connectivity index (χ2n) is 4.43. The van der Waals surface area contributed by atoms with Crippen molar-refractivity contribution in [1.82, 2.24) is 5.32 Å². The average molecular weight is 335 g/mol. The molecule has 6 nitrogen and oxygen atoms in total. The monoisotopic (exact) mass is 335 g/mol. The summed E-state index contributed by atoms with van der Waals surface area (Å²) in [6.45, 7) is 1.69. The zero-order valence-electron chi connectivity index (χ0n) is 11.7. The molecule has 1 amide bonds. The summed E-state index contributed by atoms with van der Waals surface area (Å²) in [7, 11) is -3.71. The highest BCUT2D eigenvalue weighted by atomic mass is 32.2. The average Bonchev–Trinajstić information content (AvgIpc) is 2.94. The van der Waals surface area contributed by atoms with Gasteiger partial charge in [0.05, 0.1) is 23.9 Å². The number of thiophene rings is 1. The van der Waals surface area contributed by atoms with Gasteiger partial charge in [-0.3, -0.25) is 9.52 Å². The topological polar surface area (TPSA) is 99.1 Å². The molecule has 0 aliphatic rings. The van der Waals surface area contributed by atoms with Crippen LogP contribution in [0.25, 0.3) is 0 Å². The van der Waals surface area contributed by atoms with Crippen molar-refractivity contribution >= 4 is 33.0 Å². The number of hydrogen-bond donors (Lipinski definition) is 2. The predicted octanol–water partition coefficient (Wildman–Crippen LogP) is 2.06. The smallest absolute Gasteiger partial charge is 0.271 e. The Hall–Kier alpha value is -2.37. The highest BCUT2D eigenvalue weighted by Gasteiger charge is 2.17. The van der Waals surface area contributed by atoms with Crippen molar-refractivity contribution in [2.75, 3.05) is 4.72 Å². The van der Waals surface area contributed by atoms with Gasteiger partial charge in [0.15, 0.2) is 0 Å². The second-order valence-corrected chi connectivity index (χ2v) is 7.51. The van der Waals surface area contributed by atoms with Crippen LogP contribution in [0.2, 0.25) is 0 Å². The van der Waals surface area contributed by atoms with Gasteiger partial charge in [-0.1, -0.05) is 6.07 Å². The highest BCUT2D eigenvalue weighted by molar-refractivity contribution is 7.94. The van der Waals surface area contributed by atoms with E-state index in [0.29, 0.717) is 17.8 Å². The molecular formula is C14H13N3O3S2. The lowest BCUT2D eigenvalue weighted by atomic mass is 10.2. The fourth-order valence-corrected chi connectivity index (χ4v) is 4.01. The van der Waals surface area contributed by atoms with E-state index < -0.39 is 10.0 Å². The summed E-state index contributed by atoms with van der Waals surface area (Å²) in [6.07, 6.45) is 0. The first kappa shape index (κ1) is 16.0. The molecule has 1 aromatic heterocycles. The van der Waals surface area contributed by atoms with Gasteiger partial charge in [-0.15, -0.1) is 11.3 Å². The van der Waals surface area contributed by atoms with Gasteiger partial charge in [-0.25, -0.2) is 8.42 Å². The molecule has 114 valence electrons. The molecule has 2 rings (SSSR count). The fourth-order valence-electron chi connectivity index (χ4n) is 1.67. The van der Waals surface area contributed by atoms with Crippen molar-refractivity contribution < 1.29 is 13.2 Å². The number of sulfonamides is 1. The van der Waals surface area contributed by atoms with Crippen molar-refractivity contribution in [3.05, 3.63) is 46.8 Å². The van der Waals surface area contributed by atoms with Crippen LogP contribution >= 0.6 is 11.3 Å². The van der Waals surface area contributed by atoms with Crippen molar-refractivity contribution in [1.29, 1.82) is 5.26 Å². The van der Waals surface area contributed by atoms with E-state index in [0.717, 1.165) is 16.2 Å². The molecule has 2 aromatic rings. The Morgan fingerprint density at radius 3 is 2.77 bits per heavy atom. The number of amides is 1. The molecule has 0 spiro atoms. The van der Waals surface area contributed by atoms with Crippen LogP contribution < -0.4 is 10.0 Å². The van der Waals surface area contributed by atoms with Crippen LogP contribution in [-0.2, 0) is 21.4 Å². The molecule has 0 atom stereocenters. The predicted molar refractivity (Wildman–Crippen MR) is 83.8 cm³/mol. The van der Waals surface area contributed by atoms with E-state index in [1.54, 1.807) is 24.3 Å². The summed E-state index contributed by atoms with van der Waals surface area (Å²) in [4.78, 5) is 11.6. The van der Waals surface area contributed by atoms with Gasteiger partial charge in [0.2, 0.25) is 5.91 Å². The van der Waals surface area contributed by atoms with Crippen molar-refractivity contribution in [3.8, 4) is 6.07 Å². The number of carbonyl (C=O) groups is 1. The van der Waals surface area contributed by atoms with Crippen LogP contribution in [0.15, 0.2) is 40.6 Å². The minimum absolute atomic E-state index is 0.148.